The van der Waals surface area contributed by atoms with Crippen molar-refractivity contribution in [3.05, 3.63) is 0 Å². The first-order valence-electron chi connectivity index (χ1n) is 2.74. The molecule has 0 spiro atoms. The summed E-state index contributed by atoms with van der Waals surface area (Å²) < 4.78 is 0. The zero-order chi connectivity index (χ0) is 8.24. The van der Waals surface area contributed by atoms with E-state index in [4.69, 9.17) is 4.79 Å². The highest BCUT2D eigenvalue weighted by Crippen LogP contribution is 2.04. The Balaban J connectivity index is 0. The van der Waals surface area contributed by atoms with Crippen LogP contribution in [0.4, 0.5) is 0 Å². The zero-order valence-corrected chi connectivity index (χ0v) is 7.62. The molecule has 0 aliphatic heterocycles. The molecular weight excluding hydrogens is 168 g/mol. The number of hydrogen-bond acceptors (Lipinski definition) is 4. The minimum Gasteiger partial charge on any atom is -0.277 e. The van der Waals surface area contributed by atoms with Crippen molar-refractivity contribution in [3.8, 4) is 0 Å². The van der Waals surface area contributed by atoms with E-state index in [0.717, 1.165) is 0 Å². The van der Waals surface area contributed by atoms with Gasteiger partial charge in [-0.3, -0.25) is 10.2 Å². The Morgan fingerprint density at radius 2 is 2.50 bits per heavy atom. The van der Waals surface area contributed by atoms with Gasteiger partial charge in [-0.1, -0.05) is 17.7 Å². The molecule has 0 heterocycles. The summed E-state index contributed by atoms with van der Waals surface area (Å²) in [4.78, 5) is 9.16. The molecule has 5 heteroatoms. The smallest absolute Gasteiger partial charge is 0.227 e. The van der Waals surface area contributed by atoms with E-state index in [1.807, 2.05) is 5.43 Å². The van der Waals surface area contributed by atoms with Crippen molar-refractivity contribution < 1.29 is 4.79 Å². The normalized spacial score (nSPS) is 7.00. The molecule has 0 atom stereocenters. The van der Waals surface area contributed by atoms with Crippen LogP contribution in [-0.2, 0) is 4.79 Å². The van der Waals surface area contributed by atoms with Crippen LogP contribution in [0.3, 0.4) is 0 Å². The summed E-state index contributed by atoms with van der Waals surface area (Å²) in [5, 5.41) is 2.99. The number of carbonyl (C=O) groups excluding carboxylic acids is 1. The largest absolute Gasteiger partial charge is 0.277 e. The van der Waals surface area contributed by atoms with Crippen molar-refractivity contribution in [1.82, 2.24) is 5.43 Å². The summed E-state index contributed by atoms with van der Waals surface area (Å²) in [5.41, 5.74) is 1.94. The highest BCUT2D eigenvalue weighted by atomic mass is 33.1. The Hall–Kier alpha value is -0.160. The third-order valence-electron chi connectivity index (χ3n) is 0.439. The summed E-state index contributed by atoms with van der Waals surface area (Å²) in [6, 6.07) is 0. The molecule has 0 aromatic rings. The fourth-order valence-corrected chi connectivity index (χ4v) is 0.859. The Kier molecular flexibility index (Phi) is 19.9. The third kappa shape index (κ3) is 24.9. The minimum absolute atomic E-state index is 0.451. The predicted octanol–water partition coefficient (Wildman–Crippen LogP) is 1.32. The van der Waals surface area contributed by atoms with Crippen molar-refractivity contribution in [2.75, 3.05) is 5.75 Å². The second kappa shape index (κ2) is 15.9. The lowest BCUT2D eigenvalue weighted by Gasteiger charge is -1.78. The van der Waals surface area contributed by atoms with Crippen molar-refractivity contribution in [2.45, 2.75) is 13.3 Å². The molecule has 0 fully saturated rings. The second-order valence-corrected chi connectivity index (χ2v) is 2.68. The Morgan fingerprint density at radius 1 is 1.90 bits per heavy atom. The first-order chi connectivity index (χ1) is 4.83. The molecule has 0 saturated heterocycles. The SMILES string of the molecule is C=NNC=O.CCCSS. The van der Waals surface area contributed by atoms with E-state index in [0.29, 0.717) is 6.41 Å². The quantitative estimate of drug-likeness (QED) is 0.225. The van der Waals surface area contributed by atoms with Gasteiger partial charge in [0.05, 0.1) is 0 Å². The highest BCUT2D eigenvalue weighted by molar-refractivity contribution is 8.68. The Morgan fingerprint density at radius 3 is 2.50 bits per heavy atom. The van der Waals surface area contributed by atoms with Crippen molar-refractivity contribution in [1.29, 1.82) is 0 Å². The molecule has 60 valence electrons. The monoisotopic (exact) mass is 180 g/mol. The van der Waals surface area contributed by atoms with Crippen LogP contribution >= 0.6 is 22.5 Å². The van der Waals surface area contributed by atoms with Crippen LogP contribution < -0.4 is 5.43 Å². The molecule has 0 rings (SSSR count). The maximum Gasteiger partial charge on any atom is 0.227 e. The Bertz CT molecular complexity index is 72.0. The molecule has 0 saturated carbocycles. The Labute approximate surface area is 70.5 Å². The maximum atomic E-state index is 9.16. The van der Waals surface area contributed by atoms with E-state index in [1.165, 1.54) is 12.2 Å². The number of hydrogen-bond donors (Lipinski definition) is 2. The van der Waals surface area contributed by atoms with E-state index in [2.05, 4.69) is 30.4 Å². The molecular formula is C5H12N2OS2. The first-order valence-corrected chi connectivity index (χ1v) is 4.78. The van der Waals surface area contributed by atoms with Crippen LogP contribution in [-0.4, -0.2) is 18.9 Å². The van der Waals surface area contributed by atoms with Gasteiger partial charge < -0.3 is 0 Å². The maximum absolute atomic E-state index is 9.16. The third-order valence-corrected chi connectivity index (χ3v) is 1.58. The van der Waals surface area contributed by atoms with Gasteiger partial charge >= 0.3 is 0 Å². The molecule has 1 N–H and O–H groups in total. The van der Waals surface area contributed by atoms with Gasteiger partial charge in [0.15, 0.2) is 0 Å². The summed E-state index contributed by atoms with van der Waals surface area (Å²) in [6.07, 6.45) is 1.68. The lowest BCUT2D eigenvalue weighted by Crippen LogP contribution is -1.96. The number of thiol groups is 1. The number of amides is 1. The molecule has 10 heavy (non-hydrogen) atoms. The van der Waals surface area contributed by atoms with E-state index in [1.54, 1.807) is 10.8 Å². The molecule has 0 aromatic carbocycles. The molecule has 0 bridgehead atoms. The summed E-state index contributed by atoms with van der Waals surface area (Å²) in [6.45, 7) is 5.10. The van der Waals surface area contributed by atoms with Crippen molar-refractivity contribution in [3.63, 3.8) is 0 Å². The van der Waals surface area contributed by atoms with Crippen LogP contribution in [0.5, 0.6) is 0 Å². The number of rotatable bonds is 4. The number of nitrogens with one attached hydrogen (secondary N) is 1. The van der Waals surface area contributed by atoms with Gasteiger partial charge in [-0.05, 0) is 6.42 Å². The average molecular weight is 180 g/mol. The van der Waals surface area contributed by atoms with Crippen LogP contribution in [0, 0.1) is 0 Å². The standard InChI is InChI=1S/C3H8S2.C2H4N2O/c1-2-3-5-4;1-3-4-2-5/h4H,2-3H2,1H3;2H,1H2,(H,4,5). The average Bonchev–Trinajstić information content (AvgIpc) is 1.93. The molecule has 0 unspecified atom stereocenters. The number of hydrazone groups is 1. The van der Waals surface area contributed by atoms with Crippen molar-refractivity contribution in [2.24, 2.45) is 5.10 Å². The van der Waals surface area contributed by atoms with Gasteiger partial charge in [-0.2, -0.15) is 5.10 Å². The highest BCUT2D eigenvalue weighted by Gasteiger charge is 1.69. The zero-order valence-electron chi connectivity index (χ0n) is 5.91. The fourth-order valence-electron chi connectivity index (χ4n) is 0.129. The molecule has 1 amide bonds. The molecule has 0 aliphatic rings. The van der Waals surface area contributed by atoms with E-state index >= 15 is 0 Å². The van der Waals surface area contributed by atoms with Crippen LogP contribution in [0.15, 0.2) is 5.10 Å². The topological polar surface area (TPSA) is 41.5 Å². The van der Waals surface area contributed by atoms with Gasteiger partial charge in [-0.15, -0.1) is 11.7 Å². The molecule has 0 aliphatic carbocycles. The van der Waals surface area contributed by atoms with E-state index in [9.17, 15) is 0 Å². The van der Waals surface area contributed by atoms with E-state index < -0.39 is 0 Å². The van der Waals surface area contributed by atoms with Gasteiger partial charge in [0.2, 0.25) is 6.41 Å². The summed E-state index contributed by atoms with van der Waals surface area (Å²) >= 11 is 3.92. The van der Waals surface area contributed by atoms with Crippen LogP contribution in [0.1, 0.15) is 13.3 Å². The molecule has 0 radical (unpaired) electrons. The lowest BCUT2D eigenvalue weighted by atomic mass is 10.6. The van der Waals surface area contributed by atoms with Gasteiger partial charge in [-0.25, -0.2) is 0 Å². The lowest BCUT2D eigenvalue weighted by molar-refractivity contribution is -0.109. The van der Waals surface area contributed by atoms with Crippen LogP contribution in [0.2, 0.25) is 0 Å². The second-order valence-electron chi connectivity index (χ2n) is 1.24. The summed E-state index contributed by atoms with van der Waals surface area (Å²) in [5.74, 6) is 1.17. The van der Waals surface area contributed by atoms with Crippen molar-refractivity contribution >= 4 is 35.6 Å². The van der Waals surface area contributed by atoms with Gasteiger partial charge in [0.25, 0.3) is 0 Å². The predicted molar refractivity (Wildman–Crippen MR) is 50.5 cm³/mol. The minimum atomic E-state index is 0.451. The summed E-state index contributed by atoms with van der Waals surface area (Å²) in [7, 11) is 1.60. The number of carbonyl (C=O) groups is 1. The fraction of sp³-hybridized carbons (Fsp3) is 0.600. The number of nitrogens with zero attached hydrogens (tertiary/aromatic N) is 1. The van der Waals surface area contributed by atoms with Gasteiger partial charge in [0, 0.05) is 12.5 Å². The molecule has 0 aromatic heterocycles. The molecule has 3 nitrogen and oxygen atoms in total. The van der Waals surface area contributed by atoms with E-state index in [-0.39, 0.29) is 0 Å². The van der Waals surface area contributed by atoms with Gasteiger partial charge in [0.1, 0.15) is 0 Å². The van der Waals surface area contributed by atoms with Crippen LogP contribution in [0.25, 0.3) is 0 Å². The first kappa shape index (κ1) is 12.5.